The predicted molar refractivity (Wildman–Crippen MR) is 120 cm³/mol. The predicted octanol–water partition coefficient (Wildman–Crippen LogP) is 5.74. The number of aryl methyl sites for hydroxylation is 2. The summed E-state index contributed by atoms with van der Waals surface area (Å²) >= 11 is 7.78. The van der Waals surface area contributed by atoms with Gasteiger partial charge in [-0.15, -0.1) is 0 Å². The molecule has 4 nitrogen and oxygen atoms in total. The molecule has 0 atom stereocenters. The number of benzene rings is 2. The number of pyridine rings is 1. The summed E-state index contributed by atoms with van der Waals surface area (Å²) in [5.41, 5.74) is 5.01. The number of para-hydroxylation sites is 1. The smallest absolute Gasteiger partial charge is 0.233 e. The van der Waals surface area contributed by atoms with Gasteiger partial charge >= 0.3 is 0 Å². The van der Waals surface area contributed by atoms with E-state index in [1.54, 1.807) is 17.3 Å². The van der Waals surface area contributed by atoms with Crippen LogP contribution < -0.4 is 4.90 Å². The Kier molecular flexibility index (Phi) is 5.60. The quantitative estimate of drug-likeness (QED) is 0.413. The maximum atomic E-state index is 13.4. The third-order valence-electron chi connectivity index (χ3n) is 4.79. The van der Waals surface area contributed by atoms with Gasteiger partial charge in [-0.2, -0.15) is 0 Å². The molecule has 0 aliphatic carbocycles. The fourth-order valence-electron chi connectivity index (χ4n) is 3.26. The highest BCUT2D eigenvalue weighted by Gasteiger charge is 2.22. The first-order valence-corrected chi connectivity index (χ1v) is 10.5. The second-order valence-electron chi connectivity index (χ2n) is 7.03. The number of anilines is 1. The molecule has 2 aromatic heterocycles. The van der Waals surface area contributed by atoms with E-state index in [2.05, 4.69) is 23.0 Å². The lowest BCUT2D eigenvalue weighted by Gasteiger charge is -2.20. The Morgan fingerprint density at radius 3 is 2.72 bits per heavy atom. The zero-order valence-electron chi connectivity index (χ0n) is 16.2. The van der Waals surface area contributed by atoms with Gasteiger partial charge in [-0.3, -0.25) is 14.7 Å². The summed E-state index contributed by atoms with van der Waals surface area (Å²) in [5.74, 6) is -0.00372. The Balaban J connectivity index is 1.70. The zero-order valence-corrected chi connectivity index (χ0v) is 17.8. The molecule has 29 heavy (non-hydrogen) atoms. The second-order valence-corrected chi connectivity index (χ2v) is 8.45. The number of halogens is 1. The van der Waals surface area contributed by atoms with Gasteiger partial charge in [0.1, 0.15) is 5.52 Å². The molecular formula is C23H20ClN3OS. The van der Waals surface area contributed by atoms with Gasteiger partial charge < -0.3 is 0 Å². The number of carbonyl (C=O) groups excluding carboxylic acids is 1. The molecule has 2 heterocycles. The van der Waals surface area contributed by atoms with Crippen molar-refractivity contribution in [3.8, 4) is 0 Å². The molecule has 0 N–H and O–H groups in total. The van der Waals surface area contributed by atoms with Crippen molar-refractivity contribution in [2.45, 2.75) is 26.8 Å². The fraction of sp³-hybridized carbons (Fsp3) is 0.174. The Bertz CT molecular complexity index is 1170. The monoisotopic (exact) mass is 421 g/mol. The summed E-state index contributed by atoms with van der Waals surface area (Å²) in [4.78, 5) is 23.9. The Morgan fingerprint density at radius 2 is 2.00 bits per heavy atom. The summed E-state index contributed by atoms with van der Waals surface area (Å²) in [7, 11) is 0. The molecule has 2 aromatic carbocycles. The van der Waals surface area contributed by atoms with Crippen LogP contribution in [0.15, 0.2) is 60.9 Å². The number of aromatic nitrogens is 2. The van der Waals surface area contributed by atoms with Crippen molar-refractivity contribution in [1.82, 2.24) is 9.97 Å². The van der Waals surface area contributed by atoms with Gasteiger partial charge in [0.15, 0.2) is 5.13 Å². The molecule has 0 saturated carbocycles. The lowest BCUT2D eigenvalue weighted by molar-refractivity contribution is -0.118. The number of fused-ring (bicyclic) bond motifs is 1. The number of carbonyl (C=O) groups is 1. The second kappa shape index (κ2) is 8.31. The summed E-state index contributed by atoms with van der Waals surface area (Å²) in [6, 6.07) is 15.7. The average Bonchev–Trinajstić information content (AvgIpc) is 3.14. The van der Waals surface area contributed by atoms with E-state index in [1.165, 1.54) is 16.9 Å². The summed E-state index contributed by atoms with van der Waals surface area (Å²) in [5, 5.41) is 1.24. The van der Waals surface area contributed by atoms with Gasteiger partial charge in [0.25, 0.3) is 0 Å². The number of thiazole rings is 1. The third-order valence-corrected chi connectivity index (χ3v) is 6.14. The first-order chi connectivity index (χ1) is 14.0. The largest absolute Gasteiger partial charge is 0.283 e. The highest BCUT2D eigenvalue weighted by atomic mass is 35.5. The van der Waals surface area contributed by atoms with Gasteiger partial charge in [-0.25, -0.2) is 4.98 Å². The van der Waals surface area contributed by atoms with E-state index in [4.69, 9.17) is 11.6 Å². The molecule has 0 saturated heterocycles. The van der Waals surface area contributed by atoms with Crippen molar-refractivity contribution in [2.75, 3.05) is 4.90 Å². The lowest BCUT2D eigenvalue weighted by Crippen LogP contribution is -2.32. The first kappa shape index (κ1) is 19.6. The van der Waals surface area contributed by atoms with E-state index in [0.717, 1.165) is 26.9 Å². The molecule has 6 heteroatoms. The van der Waals surface area contributed by atoms with Crippen molar-refractivity contribution >= 4 is 44.2 Å². The molecule has 0 bridgehead atoms. The van der Waals surface area contributed by atoms with Gasteiger partial charge in [0, 0.05) is 12.4 Å². The summed E-state index contributed by atoms with van der Waals surface area (Å²) in [6.07, 6.45) is 3.82. The van der Waals surface area contributed by atoms with Crippen molar-refractivity contribution in [1.29, 1.82) is 0 Å². The molecule has 0 fully saturated rings. The van der Waals surface area contributed by atoms with Crippen molar-refractivity contribution in [3.05, 3.63) is 88.2 Å². The van der Waals surface area contributed by atoms with E-state index in [1.807, 2.05) is 49.4 Å². The number of nitrogens with zero attached hydrogens (tertiary/aromatic N) is 3. The first-order valence-electron chi connectivity index (χ1n) is 9.32. The van der Waals surface area contributed by atoms with E-state index >= 15 is 0 Å². The van der Waals surface area contributed by atoms with Crippen LogP contribution in [-0.2, 0) is 17.8 Å². The van der Waals surface area contributed by atoms with Crippen LogP contribution in [-0.4, -0.2) is 15.9 Å². The normalized spacial score (nSPS) is 11.0. The number of amides is 1. The molecule has 4 aromatic rings. The Hall–Kier alpha value is -2.76. The minimum atomic E-state index is -0.00372. The topological polar surface area (TPSA) is 46.1 Å². The van der Waals surface area contributed by atoms with Crippen LogP contribution in [0.5, 0.6) is 0 Å². The molecule has 0 aliphatic heterocycles. The SMILES string of the molecule is Cc1ccc(CC(=O)N(Cc2cccnc2)c2nc3c(Cl)cccc3s2)c(C)c1. The standard InChI is InChI=1S/C23H20ClN3OS/c1-15-8-9-18(16(2)11-15)12-21(28)27(14-17-5-4-10-25-13-17)23-26-22-19(24)6-3-7-20(22)29-23/h3-11,13H,12,14H2,1-2H3. The van der Waals surface area contributed by atoms with Crippen LogP contribution in [0.4, 0.5) is 5.13 Å². The molecular weight excluding hydrogens is 402 g/mol. The van der Waals surface area contributed by atoms with Crippen molar-refractivity contribution in [2.24, 2.45) is 0 Å². The van der Waals surface area contributed by atoms with Crippen LogP contribution >= 0.6 is 22.9 Å². The third kappa shape index (κ3) is 4.31. The van der Waals surface area contributed by atoms with Crippen LogP contribution in [0.2, 0.25) is 5.02 Å². The Labute approximate surface area is 178 Å². The van der Waals surface area contributed by atoms with Gasteiger partial charge in [-0.05, 0) is 48.7 Å². The highest BCUT2D eigenvalue weighted by Crippen LogP contribution is 2.33. The number of hydrogen-bond acceptors (Lipinski definition) is 4. The van der Waals surface area contributed by atoms with Crippen LogP contribution in [0.1, 0.15) is 22.3 Å². The molecule has 0 unspecified atom stereocenters. The number of hydrogen-bond donors (Lipinski definition) is 0. The zero-order chi connectivity index (χ0) is 20.4. The van der Waals surface area contributed by atoms with Crippen LogP contribution in [0, 0.1) is 13.8 Å². The minimum absolute atomic E-state index is 0.00372. The van der Waals surface area contributed by atoms with Crippen LogP contribution in [0.25, 0.3) is 10.2 Å². The van der Waals surface area contributed by atoms with E-state index in [-0.39, 0.29) is 5.91 Å². The molecule has 146 valence electrons. The Morgan fingerprint density at radius 1 is 1.14 bits per heavy atom. The average molecular weight is 422 g/mol. The summed E-state index contributed by atoms with van der Waals surface area (Å²) < 4.78 is 0.961. The molecule has 0 aliphatic rings. The van der Waals surface area contributed by atoms with Crippen LogP contribution in [0.3, 0.4) is 0 Å². The van der Waals surface area contributed by atoms with E-state index in [0.29, 0.717) is 23.1 Å². The van der Waals surface area contributed by atoms with Crippen molar-refractivity contribution in [3.63, 3.8) is 0 Å². The fourth-order valence-corrected chi connectivity index (χ4v) is 4.54. The lowest BCUT2D eigenvalue weighted by atomic mass is 10.0. The minimum Gasteiger partial charge on any atom is -0.283 e. The van der Waals surface area contributed by atoms with E-state index < -0.39 is 0 Å². The van der Waals surface area contributed by atoms with Crippen molar-refractivity contribution < 1.29 is 4.79 Å². The molecule has 4 rings (SSSR count). The maximum absolute atomic E-state index is 13.4. The number of rotatable bonds is 5. The summed E-state index contributed by atoms with van der Waals surface area (Å²) in [6.45, 7) is 4.51. The van der Waals surface area contributed by atoms with Gasteiger partial charge in [0.2, 0.25) is 5.91 Å². The molecule has 0 spiro atoms. The van der Waals surface area contributed by atoms with E-state index in [9.17, 15) is 4.79 Å². The van der Waals surface area contributed by atoms with Gasteiger partial charge in [0.05, 0.1) is 22.7 Å². The molecule has 1 amide bonds. The maximum Gasteiger partial charge on any atom is 0.233 e. The highest BCUT2D eigenvalue weighted by molar-refractivity contribution is 7.22. The van der Waals surface area contributed by atoms with Gasteiger partial charge in [-0.1, -0.05) is 58.8 Å². The molecule has 0 radical (unpaired) electrons.